The van der Waals surface area contributed by atoms with E-state index in [0.717, 1.165) is 36.9 Å². The molecule has 0 bridgehead atoms. The molecule has 2 rings (SSSR count). The summed E-state index contributed by atoms with van der Waals surface area (Å²) in [7, 11) is -3.28. The quantitative estimate of drug-likeness (QED) is 0.573. The van der Waals surface area contributed by atoms with Gasteiger partial charge in [0.2, 0.25) is 0 Å². The summed E-state index contributed by atoms with van der Waals surface area (Å²) in [5.74, 6) is 2.93. The molecular weight excluding hydrogens is 272 g/mol. The summed E-state index contributed by atoms with van der Waals surface area (Å²) < 4.78 is 27.0. The topological polar surface area (TPSA) is 43.4 Å². The minimum absolute atomic E-state index is 0.384. The van der Waals surface area contributed by atoms with Gasteiger partial charge in [0, 0.05) is 0 Å². The van der Waals surface area contributed by atoms with Crippen molar-refractivity contribution in [2.45, 2.75) is 51.4 Å². The van der Waals surface area contributed by atoms with E-state index in [9.17, 15) is 8.42 Å². The second-order valence-corrected chi connectivity index (χ2v) is 8.32. The Bertz CT molecular complexity index is 399. The molecule has 0 heterocycles. The standard InChI is InChI=1S/C16H28O3S/c1-3-13-4-8-15(9-5-13)16-10-6-14(7-11-16)12-19-20(2,17)18/h3,13-16H,1,4-12H2,2H3. The van der Waals surface area contributed by atoms with Crippen molar-refractivity contribution >= 4 is 10.1 Å². The van der Waals surface area contributed by atoms with Crippen molar-refractivity contribution in [2.24, 2.45) is 23.7 Å². The van der Waals surface area contributed by atoms with E-state index in [1.807, 2.05) is 0 Å². The molecule has 0 aromatic rings. The molecule has 0 aliphatic heterocycles. The van der Waals surface area contributed by atoms with E-state index in [0.29, 0.717) is 12.5 Å². The van der Waals surface area contributed by atoms with E-state index < -0.39 is 10.1 Å². The predicted molar refractivity (Wildman–Crippen MR) is 81.9 cm³/mol. The van der Waals surface area contributed by atoms with E-state index in [1.54, 1.807) is 0 Å². The molecule has 20 heavy (non-hydrogen) atoms. The first-order valence-corrected chi connectivity index (χ1v) is 9.76. The Morgan fingerprint density at radius 2 is 1.50 bits per heavy atom. The Morgan fingerprint density at radius 1 is 1.00 bits per heavy atom. The highest BCUT2D eigenvalue weighted by Gasteiger charge is 2.30. The summed E-state index contributed by atoms with van der Waals surface area (Å²) in [5, 5.41) is 0. The van der Waals surface area contributed by atoms with Crippen LogP contribution in [0.4, 0.5) is 0 Å². The molecule has 2 aliphatic carbocycles. The van der Waals surface area contributed by atoms with Crippen molar-refractivity contribution in [2.75, 3.05) is 12.9 Å². The third-order valence-electron chi connectivity index (χ3n) is 5.23. The largest absolute Gasteiger partial charge is 0.270 e. The molecule has 0 atom stereocenters. The summed E-state index contributed by atoms with van der Waals surface area (Å²) in [5.41, 5.74) is 0. The summed E-state index contributed by atoms with van der Waals surface area (Å²) in [6.07, 6.45) is 13.3. The molecule has 2 fully saturated rings. The molecule has 0 unspecified atom stereocenters. The van der Waals surface area contributed by atoms with Crippen LogP contribution in [-0.4, -0.2) is 21.3 Å². The second kappa shape index (κ2) is 7.08. The van der Waals surface area contributed by atoms with Crippen LogP contribution in [0.2, 0.25) is 0 Å². The molecule has 0 amide bonds. The molecule has 4 heteroatoms. The van der Waals surface area contributed by atoms with Crippen LogP contribution in [0, 0.1) is 23.7 Å². The van der Waals surface area contributed by atoms with Gasteiger partial charge in [-0.2, -0.15) is 8.42 Å². The summed E-state index contributed by atoms with van der Waals surface area (Å²) in [4.78, 5) is 0. The third kappa shape index (κ3) is 4.88. The fourth-order valence-electron chi connectivity index (χ4n) is 3.90. The summed E-state index contributed by atoms with van der Waals surface area (Å²) >= 11 is 0. The number of hydrogen-bond acceptors (Lipinski definition) is 3. The van der Waals surface area contributed by atoms with Crippen molar-refractivity contribution < 1.29 is 12.6 Å². The zero-order chi connectivity index (χ0) is 14.6. The summed E-state index contributed by atoms with van der Waals surface area (Å²) in [6, 6.07) is 0. The van der Waals surface area contributed by atoms with E-state index in [4.69, 9.17) is 4.18 Å². The first-order valence-electron chi connectivity index (χ1n) is 7.95. The highest BCUT2D eigenvalue weighted by atomic mass is 32.2. The van der Waals surface area contributed by atoms with Crippen LogP contribution in [-0.2, 0) is 14.3 Å². The number of allylic oxidation sites excluding steroid dienone is 1. The van der Waals surface area contributed by atoms with Crippen molar-refractivity contribution in [3.05, 3.63) is 12.7 Å². The normalized spacial score (nSPS) is 35.6. The predicted octanol–water partition coefficient (Wildman–Crippen LogP) is 3.76. The minimum atomic E-state index is -3.28. The Labute approximate surface area is 123 Å². The van der Waals surface area contributed by atoms with Crippen LogP contribution in [0.3, 0.4) is 0 Å². The average molecular weight is 300 g/mol. The zero-order valence-corrected chi connectivity index (χ0v) is 13.4. The van der Waals surface area contributed by atoms with Gasteiger partial charge >= 0.3 is 0 Å². The molecule has 116 valence electrons. The molecular formula is C16H28O3S. The van der Waals surface area contributed by atoms with Crippen molar-refractivity contribution in [3.8, 4) is 0 Å². The van der Waals surface area contributed by atoms with Crippen molar-refractivity contribution in [1.82, 2.24) is 0 Å². The molecule has 2 aliphatic rings. The Morgan fingerprint density at radius 3 is 1.95 bits per heavy atom. The molecule has 0 radical (unpaired) electrons. The maximum Gasteiger partial charge on any atom is 0.264 e. The van der Waals surface area contributed by atoms with Crippen LogP contribution in [0.5, 0.6) is 0 Å². The van der Waals surface area contributed by atoms with E-state index in [2.05, 4.69) is 12.7 Å². The van der Waals surface area contributed by atoms with E-state index in [1.165, 1.54) is 38.5 Å². The van der Waals surface area contributed by atoms with Crippen LogP contribution in [0.15, 0.2) is 12.7 Å². The lowest BCUT2D eigenvalue weighted by atomic mass is 9.69. The maximum atomic E-state index is 11.0. The van der Waals surface area contributed by atoms with Gasteiger partial charge in [0.1, 0.15) is 0 Å². The van der Waals surface area contributed by atoms with Gasteiger partial charge in [-0.3, -0.25) is 4.18 Å². The molecule has 0 aromatic carbocycles. The van der Waals surface area contributed by atoms with Gasteiger partial charge < -0.3 is 0 Å². The first kappa shape index (κ1) is 16.0. The minimum Gasteiger partial charge on any atom is -0.270 e. The Kier molecular flexibility index (Phi) is 5.67. The smallest absolute Gasteiger partial charge is 0.264 e. The first-order chi connectivity index (χ1) is 9.48. The van der Waals surface area contributed by atoms with Crippen molar-refractivity contribution in [3.63, 3.8) is 0 Å². The van der Waals surface area contributed by atoms with Crippen LogP contribution in [0.25, 0.3) is 0 Å². The van der Waals surface area contributed by atoms with E-state index >= 15 is 0 Å². The average Bonchev–Trinajstić information content (AvgIpc) is 2.45. The lowest BCUT2D eigenvalue weighted by Gasteiger charge is -2.37. The van der Waals surface area contributed by atoms with Gasteiger partial charge in [0.15, 0.2) is 0 Å². The molecule has 0 spiro atoms. The highest BCUT2D eigenvalue weighted by molar-refractivity contribution is 7.85. The lowest BCUT2D eigenvalue weighted by Crippen LogP contribution is -2.27. The van der Waals surface area contributed by atoms with Gasteiger partial charge in [-0.1, -0.05) is 6.08 Å². The second-order valence-electron chi connectivity index (χ2n) is 6.68. The SMILES string of the molecule is C=CC1CCC(C2CCC(COS(C)(=O)=O)CC2)CC1. The van der Waals surface area contributed by atoms with Crippen LogP contribution in [0.1, 0.15) is 51.4 Å². The van der Waals surface area contributed by atoms with Gasteiger partial charge in [-0.15, -0.1) is 6.58 Å². The fraction of sp³-hybridized carbons (Fsp3) is 0.875. The molecule has 0 saturated heterocycles. The van der Waals surface area contributed by atoms with E-state index in [-0.39, 0.29) is 0 Å². The molecule has 0 aromatic heterocycles. The zero-order valence-electron chi connectivity index (χ0n) is 12.6. The Hall–Kier alpha value is -0.350. The Balaban J connectivity index is 1.70. The van der Waals surface area contributed by atoms with Crippen LogP contribution >= 0.6 is 0 Å². The van der Waals surface area contributed by atoms with Crippen LogP contribution < -0.4 is 0 Å². The molecule has 2 saturated carbocycles. The van der Waals surface area contributed by atoms with Gasteiger partial charge in [-0.05, 0) is 75.0 Å². The van der Waals surface area contributed by atoms with Gasteiger partial charge in [0.25, 0.3) is 10.1 Å². The third-order valence-corrected chi connectivity index (χ3v) is 5.79. The number of rotatable bonds is 5. The fourth-order valence-corrected chi connectivity index (χ4v) is 4.34. The number of hydrogen-bond donors (Lipinski definition) is 0. The molecule has 0 N–H and O–H groups in total. The van der Waals surface area contributed by atoms with Gasteiger partial charge in [-0.25, -0.2) is 0 Å². The van der Waals surface area contributed by atoms with Crippen molar-refractivity contribution in [1.29, 1.82) is 0 Å². The lowest BCUT2D eigenvalue weighted by molar-refractivity contribution is 0.131. The monoisotopic (exact) mass is 300 g/mol. The maximum absolute atomic E-state index is 11.0. The van der Waals surface area contributed by atoms with Gasteiger partial charge in [0.05, 0.1) is 12.9 Å². The molecule has 3 nitrogen and oxygen atoms in total. The summed E-state index contributed by atoms with van der Waals surface area (Å²) in [6.45, 7) is 4.29. The highest BCUT2D eigenvalue weighted by Crippen LogP contribution is 2.41.